The number of hydrogen-bond donors (Lipinski definition) is 0. The number of carbonyl (C=O) groups excluding carboxylic acids is 2. The summed E-state index contributed by atoms with van der Waals surface area (Å²) in [6.07, 6.45) is -0.176. The van der Waals surface area contributed by atoms with Gasteiger partial charge in [0.25, 0.3) is 0 Å². The Morgan fingerprint density at radius 1 is 1.08 bits per heavy atom. The third-order valence-corrected chi connectivity index (χ3v) is 4.38. The lowest BCUT2D eigenvalue weighted by molar-refractivity contribution is -0.176. The first-order valence-corrected chi connectivity index (χ1v) is 8.02. The molecule has 2 aromatic rings. The van der Waals surface area contributed by atoms with E-state index in [-0.39, 0.29) is 0 Å². The van der Waals surface area contributed by atoms with E-state index in [0.29, 0.717) is 17.0 Å². The van der Waals surface area contributed by atoms with Crippen molar-refractivity contribution in [3.05, 3.63) is 70.2 Å². The quantitative estimate of drug-likeness (QED) is 0.798. The zero-order chi connectivity index (χ0) is 17.3. The fraction of sp³-hybridized carbons (Fsp3) is 0.263. The van der Waals surface area contributed by atoms with Gasteiger partial charge >= 0.3 is 11.9 Å². The van der Waals surface area contributed by atoms with Crippen LogP contribution in [0.1, 0.15) is 30.5 Å². The molecule has 0 fully saturated rings. The topological polar surface area (TPSA) is 52.6 Å². The van der Waals surface area contributed by atoms with Gasteiger partial charge in [-0.2, -0.15) is 0 Å². The van der Waals surface area contributed by atoms with E-state index in [1.54, 1.807) is 18.2 Å². The van der Waals surface area contributed by atoms with E-state index in [9.17, 15) is 9.59 Å². The molecule has 0 N–H and O–H groups in total. The lowest BCUT2D eigenvalue weighted by Gasteiger charge is -2.35. The highest BCUT2D eigenvalue weighted by molar-refractivity contribution is 6.30. The van der Waals surface area contributed by atoms with Crippen LogP contribution in [-0.2, 0) is 31.1 Å². The number of ether oxygens (including phenoxy) is 2. The average Bonchev–Trinajstić information content (AvgIpc) is 2.81. The Morgan fingerprint density at radius 2 is 1.83 bits per heavy atom. The minimum atomic E-state index is -1.20. The Kier molecular flexibility index (Phi) is 4.33. The number of fused-ring (bicyclic) bond motifs is 1. The average molecular weight is 345 g/mol. The number of halogens is 1. The van der Waals surface area contributed by atoms with Crippen molar-refractivity contribution in [1.82, 2.24) is 0 Å². The molecular formula is C19H17ClO4. The SMILES string of the molecule is CC(=O)O[C@H]1Cc2ccccc2[C@@]1(OC(C)=O)c1cccc(Cl)c1. The molecule has 24 heavy (non-hydrogen) atoms. The van der Waals surface area contributed by atoms with Gasteiger partial charge in [-0.15, -0.1) is 0 Å². The summed E-state index contributed by atoms with van der Waals surface area (Å²) in [6.45, 7) is 2.69. The predicted molar refractivity (Wildman–Crippen MR) is 89.7 cm³/mol. The van der Waals surface area contributed by atoms with Crippen LogP contribution >= 0.6 is 11.6 Å². The zero-order valence-corrected chi connectivity index (χ0v) is 14.2. The van der Waals surface area contributed by atoms with E-state index in [1.165, 1.54) is 13.8 Å². The van der Waals surface area contributed by atoms with Crippen LogP contribution in [0.25, 0.3) is 0 Å². The van der Waals surface area contributed by atoms with Crippen molar-refractivity contribution in [2.45, 2.75) is 32.0 Å². The van der Waals surface area contributed by atoms with Crippen LogP contribution in [0.5, 0.6) is 0 Å². The van der Waals surface area contributed by atoms with Gasteiger partial charge in [0.05, 0.1) is 0 Å². The van der Waals surface area contributed by atoms with Crippen LogP contribution in [0.4, 0.5) is 0 Å². The highest BCUT2D eigenvalue weighted by atomic mass is 35.5. The van der Waals surface area contributed by atoms with E-state index < -0.39 is 23.6 Å². The summed E-state index contributed by atoms with van der Waals surface area (Å²) in [5.74, 6) is -0.879. The van der Waals surface area contributed by atoms with Gasteiger partial charge in [-0.1, -0.05) is 48.0 Å². The molecular weight excluding hydrogens is 328 g/mol. The molecule has 0 spiro atoms. The second-order valence-corrected chi connectivity index (χ2v) is 6.24. The van der Waals surface area contributed by atoms with Crippen molar-refractivity contribution in [2.24, 2.45) is 0 Å². The van der Waals surface area contributed by atoms with Crippen molar-refractivity contribution in [1.29, 1.82) is 0 Å². The molecule has 5 heteroatoms. The highest BCUT2D eigenvalue weighted by Crippen LogP contribution is 2.47. The Bertz CT molecular complexity index is 801. The monoisotopic (exact) mass is 344 g/mol. The molecule has 0 bridgehead atoms. The minimum absolute atomic E-state index is 0.425. The molecule has 2 atom stereocenters. The summed E-state index contributed by atoms with van der Waals surface area (Å²) >= 11 is 6.15. The van der Waals surface area contributed by atoms with E-state index in [0.717, 1.165) is 11.1 Å². The zero-order valence-electron chi connectivity index (χ0n) is 13.4. The van der Waals surface area contributed by atoms with E-state index in [2.05, 4.69) is 0 Å². The lowest BCUT2D eigenvalue weighted by atomic mass is 9.85. The van der Waals surface area contributed by atoms with Gasteiger partial charge in [0.15, 0.2) is 11.7 Å². The molecule has 3 rings (SSSR count). The van der Waals surface area contributed by atoms with Crippen molar-refractivity contribution < 1.29 is 19.1 Å². The van der Waals surface area contributed by atoms with Gasteiger partial charge in [0.2, 0.25) is 0 Å². The van der Waals surface area contributed by atoms with Gasteiger partial charge in [0.1, 0.15) is 0 Å². The van der Waals surface area contributed by atoms with E-state index >= 15 is 0 Å². The van der Waals surface area contributed by atoms with Gasteiger partial charge < -0.3 is 9.47 Å². The molecule has 1 aliphatic carbocycles. The molecule has 0 heterocycles. The first kappa shape index (κ1) is 16.5. The summed E-state index contributed by atoms with van der Waals surface area (Å²) in [4.78, 5) is 23.5. The second kappa shape index (κ2) is 6.29. The molecule has 0 saturated carbocycles. The van der Waals surface area contributed by atoms with Crippen molar-refractivity contribution in [3.63, 3.8) is 0 Å². The smallest absolute Gasteiger partial charge is 0.304 e. The molecule has 0 saturated heterocycles. The molecule has 0 aromatic heterocycles. The molecule has 0 unspecified atom stereocenters. The first-order chi connectivity index (χ1) is 11.4. The Morgan fingerprint density at radius 3 is 2.50 bits per heavy atom. The molecule has 0 amide bonds. The van der Waals surface area contributed by atoms with E-state index in [1.807, 2.05) is 30.3 Å². The first-order valence-electron chi connectivity index (χ1n) is 7.64. The van der Waals surface area contributed by atoms with Gasteiger partial charge in [0, 0.05) is 36.4 Å². The number of hydrogen-bond acceptors (Lipinski definition) is 4. The number of rotatable bonds is 3. The van der Waals surface area contributed by atoms with Crippen LogP contribution in [0.3, 0.4) is 0 Å². The van der Waals surface area contributed by atoms with Gasteiger partial charge in [-0.25, -0.2) is 0 Å². The maximum atomic E-state index is 11.9. The summed E-state index contributed by atoms with van der Waals surface area (Å²) in [6, 6.07) is 14.7. The van der Waals surface area contributed by atoms with Crippen LogP contribution < -0.4 is 0 Å². The number of benzene rings is 2. The molecule has 1 aliphatic rings. The van der Waals surface area contributed by atoms with Crippen molar-refractivity contribution in [3.8, 4) is 0 Å². The van der Waals surface area contributed by atoms with Gasteiger partial charge in [-0.05, 0) is 17.7 Å². The predicted octanol–water partition coefficient (Wildman–Crippen LogP) is 3.63. The highest BCUT2D eigenvalue weighted by Gasteiger charge is 2.53. The number of esters is 2. The third kappa shape index (κ3) is 2.78. The molecule has 2 aromatic carbocycles. The summed E-state index contributed by atoms with van der Waals surface area (Å²) in [7, 11) is 0. The number of carbonyl (C=O) groups is 2. The van der Waals surface area contributed by atoms with Crippen molar-refractivity contribution in [2.75, 3.05) is 0 Å². The second-order valence-electron chi connectivity index (χ2n) is 5.80. The Labute approximate surface area is 145 Å². The summed E-state index contributed by atoms with van der Waals surface area (Å²) < 4.78 is 11.4. The largest absolute Gasteiger partial charge is 0.457 e. The molecule has 4 nitrogen and oxygen atoms in total. The lowest BCUT2D eigenvalue weighted by Crippen LogP contribution is -2.43. The summed E-state index contributed by atoms with van der Waals surface area (Å²) in [5, 5.41) is 0.519. The van der Waals surface area contributed by atoms with Crippen LogP contribution in [0, 0.1) is 0 Å². The van der Waals surface area contributed by atoms with Crippen LogP contribution in [-0.4, -0.2) is 18.0 Å². The molecule has 124 valence electrons. The van der Waals surface area contributed by atoms with Crippen LogP contribution in [0.15, 0.2) is 48.5 Å². The fourth-order valence-electron chi connectivity index (χ4n) is 3.37. The normalized spacial score (nSPS) is 21.9. The minimum Gasteiger partial charge on any atom is -0.457 e. The maximum Gasteiger partial charge on any atom is 0.304 e. The van der Waals surface area contributed by atoms with Gasteiger partial charge in [-0.3, -0.25) is 9.59 Å². The summed E-state index contributed by atoms with van der Waals surface area (Å²) in [5.41, 5.74) is 1.28. The standard InChI is InChI=1S/C19H17ClO4/c1-12(21)23-18-10-14-6-3-4-9-17(14)19(18,24-13(2)22)15-7-5-8-16(20)11-15/h3-9,11,18H,10H2,1-2H3/t18-,19-/m0/s1. The van der Waals surface area contributed by atoms with Crippen LogP contribution in [0.2, 0.25) is 5.02 Å². The Hall–Kier alpha value is -2.33. The Balaban J connectivity index is 2.26. The molecule has 0 aliphatic heterocycles. The van der Waals surface area contributed by atoms with Crippen molar-refractivity contribution >= 4 is 23.5 Å². The molecule has 0 radical (unpaired) electrons. The maximum absolute atomic E-state index is 11.9. The third-order valence-electron chi connectivity index (χ3n) is 4.14. The van der Waals surface area contributed by atoms with E-state index in [4.69, 9.17) is 21.1 Å². The fourth-order valence-corrected chi connectivity index (χ4v) is 3.56.